The molecule has 2 aromatic carbocycles. The van der Waals surface area contributed by atoms with Crippen LogP contribution in [-0.4, -0.2) is 30.8 Å². The van der Waals surface area contributed by atoms with Crippen LogP contribution in [0.1, 0.15) is 10.4 Å². The number of hydrogen-bond acceptors (Lipinski definition) is 5. The number of nitrogens with one attached hydrogen (secondary N) is 3. The first-order valence-electron chi connectivity index (χ1n) is 7.61. The summed E-state index contributed by atoms with van der Waals surface area (Å²) in [6.07, 6.45) is -5.37. The van der Waals surface area contributed by atoms with Crippen molar-refractivity contribution in [3.8, 4) is 0 Å². The lowest BCUT2D eigenvalue weighted by Crippen LogP contribution is -2.73. The van der Waals surface area contributed by atoms with Crippen LogP contribution in [0.3, 0.4) is 0 Å². The van der Waals surface area contributed by atoms with Crippen molar-refractivity contribution in [2.75, 3.05) is 12.5 Å². The molecule has 11 heteroatoms. The fourth-order valence-corrected chi connectivity index (χ4v) is 2.35. The number of amides is 1. The van der Waals surface area contributed by atoms with Gasteiger partial charge in [-0.25, -0.2) is 9.18 Å². The van der Waals surface area contributed by atoms with E-state index in [-0.39, 0.29) is 10.7 Å². The number of carbonyl (C=O) groups is 2. The van der Waals surface area contributed by atoms with E-state index >= 15 is 0 Å². The summed E-state index contributed by atoms with van der Waals surface area (Å²) in [6, 6.07) is 9.90. The fraction of sp³-hybridized carbons (Fsp3) is 0.176. The number of ether oxygens (including phenoxy) is 1. The zero-order valence-electron chi connectivity index (χ0n) is 14.2. The van der Waals surface area contributed by atoms with Crippen LogP contribution in [0.15, 0.2) is 48.5 Å². The molecule has 0 aliphatic rings. The van der Waals surface area contributed by atoms with Gasteiger partial charge in [0.05, 0.1) is 18.4 Å². The molecule has 1 atom stereocenters. The van der Waals surface area contributed by atoms with Crippen molar-refractivity contribution in [3.63, 3.8) is 0 Å². The molecular weight excluding hydrogens is 406 g/mol. The smallest absolute Gasteiger partial charge is 0.438 e. The molecule has 1 unspecified atom stereocenters. The number of hydrogen-bond donors (Lipinski definition) is 3. The maximum atomic E-state index is 13.8. The summed E-state index contributed by atoms with van der Waals surface area (Å²) in [7, 11) is 0.707. The minimum absolute atomic E-state index is 0.0603. The average molecular weight is 420 g/mol. The van der Waals surface area contributed by atoms with Crippen LogP contribution in [0.5, 0.6) is 0 Å². The standard InChI is InChI=1S/C17H14ClF4N3O3/c1-28-15(27)16(17(20,21)22,25-24-11-6-4-5-10(18)9-11)23-14(26)12-7-2-3-8-13(12)19/h2-9,24-25H,1H3,(H,23,26). The average Bonchev–Trinajstić information content (AvgIpc) is 2.63. The normalized spacial score (nSPS) is 13.4. The third-order valence-corrected chi connectivity index (χ3v) is 3.79. The number of esters is 1. The predicted octanol–water partition coefficient (Wildman–Crippen LogP) is 3.26. The maximum absolute atomic E-state index is 13.8. The Hall–Kier alpha value is -2.85. The molecule has 0 aliphatic heterocycles. The number of alkyl halides is 3. The number of hydrazine groups is 1. The van der Waals surface area contributed by atoms with Gasteiger partial charge in [0, 0.05) is 5.02 Å². The third kappa shape index (κ3) is 4.52. The number of benzene rings is 2. The van der Waals surface area contributed by atoms with Gasteiger partial charge in [0.25, 0.3) is 5.91 Å². The zero-order chi connectivity index (χ0) is 20.9. The number of rotatable bonds is 6. The van der Waals surface area contributed by atoms with Crippen LogP contribution in [0.2, 0.25) is 5.02 Å². The second-order valence-electron chi connectivity index (χ2n) is 5.43. The lowest BCUT2D eigenvalue weighted by atomic mass is 10.1. The van der Waals surface area contributed by atoms with E-state index in [1.54, 1.807) is 5.43 Å². The van der Waals surface area contributed by atoms with Gasteiger partial charge < -0.3 is 15.5 Å². The van der Waals surface area contributed by atoms with Gasteiger partial charge >= 0.3 is 17.8 Å². The molecule has 0 aromatic heterocycles. The van der Waals surface area contributed by atoms with Gasteiger partial charge in [0.1, 0.15) is 5.82 Å². The topological polar surface area (TPSA) is 79.5 Å². The van der Waals surface area contributed by atoms with Crippen LogP contribution in [0, 0.1) is 5.82 Å². The number of halogens is 5. The Balaban J connectivity index is 2.41. The molecule has 2 rings (SSSR count). The Morgan fingerprint density at radius 2 is 1.75 bits per heavy atom. The van der Waals surface area contributed by atoms with Gasteiger partial charge in [-0.15, -0.1) is 0 Å². The number of anilines is 1. The first kappa shape index (κ1) is 21.5. The van der Waals surface area contributed by atoms with Crippen LogP contribution < -0.4 is 16.2 Å². The quantitative estimate of drug-likeness (QED) is 0.290. The minimum Gasteiger partial charge on any atom is -0.466 e. The summed E-state index contributed by atoms with van der Waals surface area (Å²) >= 11 is 5.76. The second-order valence-corrected chi connectivity index (χ2v) is 5.87. The minimum atomic E-state index is -5.37. The molecule has 0 radical (unpaired) electrons. The molecule has 0 aliphatic carbocycles. The second kappa shape index (κ2) is 8.44. The maximum Gasteiger partial charge on any atom is 0.438 e. The van der Waals surface area contributed by atoms with Crippen LogP contribution >= 0.6 is 11.6 Å². The van der Waals surface area contributed by atoms with Crippen molar-refractivity contribution in [2.45, 2.75) is 11.8 Å². The summed E-state index contributed by atoms with van der Waals surface area (Å²) < 4.78 is 59.5. The van der Waals surface area contributed by atoms with Crippen LogP contribution in [-0.2, 0) is 9.53 Å². The molecule has 0 bridgehead atoms. The highest BCUT2D eigenvalue weighted by Gasteiger charge is 2.63. The third-order valence-electron chi connectivity index (χ3n) is 3.56. The van der Waals surface area contributed by atoms with Gasteiger partial charge in [0.15, 0.2) is 0 Å². The molecule has 0 fully saturated rings. The van der Waals surface area contributed by atoms with Crippen molar-refractivity contribution < 1.29 is 31.9 Å². The Kier molecular flexibility index (Phi) is 6.47. The van der Waals surface area contributed by atoms with E-state index in [4.69, 9.17) is 11.6 Å². The van der Waals surface area contributed by atoms with Crippen molar-refractivity contribution in [1.82, 2.24) is 10.7 Å². The lowest BCUT2D eigenvalue weighted by molar-refractivity contribution is -0.215. The van der Waals surface area contributed by atoms with E-state index in [0.717, 1.165) is 12.1 Å². The fourth-order valence-electron chi connectivity index (χ4n) is 2.16. The molecule has 6 nitrogen and oxygen atoms in total. The van der Waals surface area contributed by atoms with E-state index < -0.39 is 35.1 Å². The first-order valence-corrected chi connectivity index (χ1v) is 7.99. The zero-order valence-corrected chi connectivity index (χ0v) is 15.0. The van der Waals surface area contributed by atoms with Gasteiger partial charge in [-0.3, -0.25) is 4.79 Å². The molecule has 0 heterocycles. The molecule has 0 saturated heterocycles. The number of carbonyl (C=O) groups excluding carboxylic acids is 2. The monoisotopic (exact) mass is 419 g/mol. The van der Waals surface area contributed by atoms with Gasteiger partial charge in [0.2, 0.25) is 0 Å². The Morgan fingerprint density at radius 1 is 1.07 bits per heavy atom. The molecule has 3 N–H and O–H groups in total. The Labute approximate surface area is 161 Å². The van der Waals surface area contributed by atoms with Crippen molar-refractivity contribution in [3.05, 3.63) is 64.9 Å². The summed E-state index contributed by atoms with van der Waals surface area (Å²) in [5.41, 5.74) is -0.468. The van der Waals surface area contributed by atoms with E-state index in [9.17, 15) is 27.2 Å². The highest BCUT2D eigenvalue weighted by molar-refractivity contribution is 6.30. The summed E-state index contributed by atoms with van der Waals surface area (Å²) in [5.74, 6) is -4.43. The summed E-state index contributed by atoms with van der Waals surface area (Å²) in [6.45, 7) is 0. The molecule has 28 heavy (non-hydrogen) atoms. The summed E-state index contributed by atoms with van der Waals surface area (Å²) in [4.78, 5) is 24.3. The molecule has 0 saturated carbocycles. The van der Waals surface area contributed by atoms with E-state index in [1.165, 1.54) is 41.7 Å². The SMILES string of the molecule is COC(=O)C(NNc1cccc(Cl)c1)(NC(=O)c1ccccc1F)C(F)(F)F. The highest BCUT2D eigenvalue weighted by atomic mass is 35.5. The van der Waals surface area contributed by atoms with Crippen LogP contribution in [0.25, 0.3) is 0 Å². The summed E-state index contributed by atoms with van der Waals surface area (Å²) in [5, 5.41) is 1.68. The van der Waals surface area contributed by atoms with E-state index in [2.05, 4.69) is 10.2 Å². The van der Waals surface area contributed by atoms with Gasteiger partial charge in [-0.2, -0.15) is 18.6 Å². The molecular formula is C17H14ClF4N3O3. The molecule has 1 amide bonds. The Bertz CT molecular complexity index is 879. The first-order chi connectivity index (χ1) is 13.1. The molecule has 0 spiro atoms. The van der Waals surface area contributed by atoms with Gasteiger partial charge in [-0.1, -0.05) is 29.8 Å². The van der Waals surface area contributed by atoms with Crippen molar-refractivity contribution in [2.24, 2.45) is 0 Å². The van der Waals surface area contributed by atoms with E-state index in [1.807, 2.05) is 0 Å². The largest absolute Gasteiger partial charge is 0.466 e. The predicted molar refractivity (Wildman–Crippen MR) is 92.9 cm³/mol. The van der Waals surface area contributed by atoms with Crippen molar-refractivity contribution >= 4 is 29.2 Å². The highest BCUT2D eigenvalue weighted by Crippen LogP contribution is 2.30. The van der Waals surface area contributed by atoms with Crippen LogP contribution in [0.4, 0.5) is 23.2 Å². The van der Waals surface area contributed by atoms with Crippen molar-refractivity contribution in [1.29, 1.82) is 0 Å². The Morgan fingerprint density at radius 3 is 2.32 bits per heavy atom. The molecule has 2 aromatic rings. The van der Waals surface area contributed by atoms with E-state index in [0.29, 0.717) is 7.11 Å². The van der Waals surface area contributed by atoms with Gasteiger partial charge in [-0.05, 0) is 30.3 Å². The molecule has 150 valence electrons. The number of methoxy groups -OCH3 is 1. The lowest BCUT2D eigenvalue weighted by Gasteiger charge is -2.34.